The molecule has 0 spiro atoms. The van der Waals surface area contributed by atoms with Crippen LogP contribution in [0.25, 0.3) is 6.08 Å². The quantitative estimate of drug-likeness (QED) is 0.138. The second-order valence-corrected chi connectivity index (χ2v) is 9.75. The zero-order chi connectivity index (χ0) is 25.1. The summed E-state index contributed by atoms with van der Waals surface area (Å²) < 4.78 is 11.6. The maximum absolute atomic E-state index is 13.0. The number of carbonyl (C=O) groups excluding carboxylic acids is 1. The number of anilines is 1. The van der Waals surface area contributed by atoms with Gasteiger partial charge < -0.3 is 9.47 Å². The minimum atomic E-state index is -0.520. The van der Waals surface area contributed by atoms with Crippen molar-refractivity contribution in [1.29, 1.82) is 0 Å². The molecule has 1 heterocycles. The number of nitro benzene ring substituents is 1. The molecule has 178 valence electrons. The maximum Gasteiger partial charge on any atom is 0.271 e. The number of nitro groups is 1. The summed E-state index contributed by atoms with van der Waals surface area (Å²) in [5.41, 5.74) is 1.68. The minimum Gasteiger partial charge on any atom is -0.493 e. The van der Waals surface area contributed by atoms with Crippen LogP contribution in [0.5, 0.6) is 11.5 Å². The number of hydrogen-bond acceptors (Lipinski definition) is 7. The van der Waals surface area contributed by atoms with Crippen molar-refractivity contribution in [3.8, 4) is 11.5 Å². The van der Waals surface area contributed by atoms with Crippen LogP contribution in [-0.2, 0) is 11.4 Å². The Hall–Kier alpha value is -3.11. The first-order valence-corrected chi connectivity index (χ1v) is 12.0. The molecule has 0 aromatic heterocycles. The van der Waals surface area contributed by atoms with E-state index in [0.29, 0.717) is 37.7 Å². The molecule has 0 aliphatic carbocycles. The van der Waals surface area contributed by atoms with Crippen LogP contribution in [0.2, 0.25) is 10.0 Å². The second kappa shape index (κ2) is 10.7. The maximum atomic E-state index is 13.0. The highest BCUT2D eigenvalue weighted by molar-refractivity contribution is 8.27. The first-order valence-electron chi connectivity index (χ1n) is 10.0. The molecule has 0 N–H and O–H groups in total. The molecule has 3 aromatic carbocycles. The fourth-order valence-corrected chi connectivity index (χ4v) is 5.04. The van der Waals surface area contributed by atoms with E-state index in [2.05, 4.69) is 0 Å². The molecule has 0 radical (unpaired) electrons. The standard InChI is InChI=1S/C24H16Cl2N2O5S2/c1-32-21-9-14(5-8-20(21)33-13-15-6-7-16(25)11-19(15)26)10-22-23(29)27(24(34)35-22)17-3-2-4-18(12-17)28(30)31/h2-12H,13H2,1H3/b22-10+. The van der Waals surface area contributed by atoms with Gasteiger partial charge in [-0.1, -0.05) is 65.4 Å². The van der Waals surface area contributed by atoms with Gasteiger partial charge in [0.15, 0.2) is 15.8 Å². The van der Waals surface area contributed by atoms with Crippen LogP contribution in [0.4, 0.5) is 11.4 Å². The zero-order valence-corrected chi connectivity index (χ0v) is 21.2. The Kier molecular flexibility index (Phi) is 7.61. The van der Waals surface area contributed by atoms with Gasteiger partial charge in [-0.15, -0.1) is 0 Å². The summed E-state index contributed by atoms with van der Waals surface area (Å²) in [4.78, 5) is 25.3. The Bertz CT molecular complexity index is 1380. The van der Waals surface area contributed by atoms with Gasteiger partial charge in [0, 0.05) is 27.7 Å². The summed E-state index contributed by atoms with van der Waals surface area (Å²) in [6, 6.07) is 16.2. The molecule has 3 aromatic rings. The molecule has 0 unspecified atom stereocenters. The second-order valence-electron chi connectivity index (χ2n) is 7.23. The summed E-state index contributed by atoms with van der Waals surface area (Å²) in [5, 5.41) is 12.1. The molecular weight excluding hydrogens is 531 g/mol. The van der Waals surface area contributed by atoms with Crippen LogP contribution in [0.15, 0.2) is 65.6 Å². The van der Waals surface area contributed by atoms with Crippen molar-refractivity contribution in [2.24, 2.45) is 0 Å². The Morgan fingerprint density at radius 1 is 1.11 bits per heavy atom. The lowest BCUT2D eigenvalue weighted by atomic mass is 10.1. The largest absolute Gasteiger partial charge is 0.493 e. The predicted octanol–water partition coefficient (Wildman–Crippen LogP) is 6.90. The van der Waals surface area contributed by atoms with Gasteiger partial charge in [-0.2, -0.15) is 0 Å². The number of thiocarbonyl (C=S) groups is 1. The van der Waals surface area contributed by atoms with Crippen molar-refractivity contribution in [3.63, 3.8) is 0 Å². The number of hydrogen-bond donors (Lipinski definition) is 0. The van der Waals surface area contributed by atoms with E-state index in [0.717, 1.165) is 17.3 Å². The van der Waals surface area contributed by atoms with Crippen LogP contribution in [0.3, 0.4) is 0 Å². The highest BCUT2D eigenvalue weighted by Gasteiger charge is 2.34. The van der Waals surface area contributed by atoms with E-state index in [1.807, 2.05) is 0 Å². The van der Waals surface area contributed by atoms with Gasteiger partial charge in [0.1, 0.15) is 6.61 Å². The number of benzene rings is 3. The number of ether oxygens (including phenoxy) is 2. The van der Waals surface area contributed by atoms with Crippen LogP contribution >= 0.6 is 47.2 Å². The summed E-state index contributed by atoms with van der Waals surface area (Å²) in [7, 11) is 1.52. The van der Waals surface area contributed by atoms with E-state index in [9.17, 15) is 14.9 Å². The molecule has 1 saturated heterocycles. The zero-order valence-electron chi connectivity index (χ0n) is 18.1. The number of thioether (sulfide) groups is 1. The molecule has 4 rings (SSSR count). The van der Waals surface area contributed by atoms with Gasteiger partial charge >= 0.3 is 0 Å². The third-order valence-electron chi connectivity index (χ3n) is 4.98. The molecule has 0 saturated carbocycles. The van der Waals surface area contributed by atoms with E-state index in [1.54, 1.807) is 48.5 Å². The third-order valence-corrected chi connectivity index (χ3v) is 6.87. The lowest BCUT2D eigenvalue weighted by molar-refractivity contribution is -0.384. The molecule has 0 atom stereocenters. The molecule has 35 heavy (non-hydrogen) atoms. The smallest absolute Gasteiger partial charge is 0.271 e. The van der Waals surface area contributed by atoms with E-state index < -0.39 is 4.92 Å². The molecule has 1 aliphatic heterocycles. The molecule has 11 heteroatoms. The van der Waals surface area contributed by atoms with Gasteiger partial charge in [-0.05, 0) is 42.0 Å². The lowest BCUT2D eigenvalue weighted by Crippen LogP contribution is -2.27. The van der Waals surface area contributed by atoms with Crippen molar-refractivity contribution >= 4 is 74.9 Å². The van der Waals surface area contributed by atoms with Crippen molar-refractivity contribution in [3.05, 3.63) is 96.9 Å². The molecule has 0 bridgehead atoms. The van der Waals surface area contributed by atoms with Gasteiger partial charge in [0.2, 0.25) is 0 Å². The predicted molar refractivity (Wildman–Crippen MR) is 143 cm³/mol. The number of amides is 1. The summed E-state index contributed by atoms with van der Waals surface area (Å²) in [6.45, 7) is 0.216. The average Bonchev–Trinajstić information content (AvgIpc) is 3.11. The van der Waals surface area contributed by atoms with Crippen molar-refractivity contribution in [2.75, 3.05) is 12.0 Å². The Balaban J connectivity index is 1.54. The highest BCUT2D eigenvalue weighted by Crippen LogP contribution is 2.38. The van der Waals surface area contributed by atoms with Crippen molar-refractivity contribution < 1.29 is 19.2 Å². The van der Waals surface area contributed by atoms with E-state index in [1.165, 1.54) is 30.2 Å². The number of carbonyl (C=O) groups is 1. The number of rotatable bonds is 7. The number of halogens is 2. The number of methoxy groups -OCH3 is 1. The average molecular weight is 547 g/mol. The lowest BCUT2D eigenvalue weighted by Gasteiger charge is -2.14. The SMILES string of the molecule is COc1cc(/C=C2/SC(=S)N(c3cccc([N+](=O)[O-])c3)C2=O)ccc1OCc1ccc(Cl)cc1Cl. The minimum absolute atomic E-state index is 0.124. The van der Waals surface area contributed by atoms with Crippen LogP contribution in [-0.4, -0.2) is 22.3 Å². The van der Waals surface area contributed by atoms with Crippen molar-refractivity contribution in [2.45, 2.75) is 6.61 Å². The van der Waals surface area contributed by atoms with Gasteiger partial charge in [0.05, 0.1) is 22.6 Å². The Labute approximate surface area is 220 Å². The first kappa shape index (κ1) is 25.0. The molecular formula is C24H16Cl2N2O5S2. The normalized spacial score (nSPS) is 14.5. The molecule has 1 amide bonds. The van der Waals surface area contributed by atoms with E-state index in [-0.39, 0.29) is 22.5 Å². The van der Waals surface area contributed by atoms with Gasteiger partial charge in [-0.3, -0.25) is 19.8 Å². The topological polar surface area (TPSA) is 81.9 Å². The van der Waals surface area contributed by atoms with Gasteiger partial charge in [0.25, 0.3) is 11.6 Å². The van der Waals surface area contributed by atoms with Crippen LogP contribution < -0.4 is 14.4 Å². The fourth-order valence-electron chi connectivity index (χ4n) is 3.27. The van der Waals surface area contributed by atoms with Crippen LogP contribution in [0, 0.1) is 10.1 Å². The molecule has 7 nitrogen and oxygen atoms in total. The van der Waals surface area contributed by atoms with Crippen LogP contribution in [0.1, 0.15) is 11.1 Å². The van der Waals surface area contributed by atoms with E-state index >= 15 is 0 Å². The fraction of sp³-hybridized carbons (Fsp3) is 0.0833. The Morgan fingerprint density at radius 3 is 2.63 bits per heavy atom. The monoisotopic (exact) mass is 546 g/mol. The van der Waals surface area contributed by atoms with E-state index in [4.69, 9.17) is 44.9 Å². The number of non-ortho nitro benzene ring substituents is 1. The Morgan fingerprint density at radius 2 is 1.91 bits per heavy atom. The number of nitrogens with zero attached hydrogens (tertiary/aromatic N) is 2. The molecule has 1 aliphatic rings. The van der Waals surface area contributed by atoms with Gasteiger partial charge in [-0.25, -0.2) is 0 Å². The molecule has 1 fully saturated rings. The summed E-state index contributed by atoms with van der Waals surface area (Å²) >= 11 is 18.6. The van der Waals surface area contributed by atoms with Crippen molar-refractivity contribution in [1.82, 2.24) is 0 Å². The first-order chi connectivity index (χ1) is 16.8. The highest BCUT2D eigenvalue weighted by atomic mass is 35.5. The summed E-state index contributed by atoms with van der Waals surface area (Å²) in [5.74, 6) is 0.606. The third kappa shape index (κ3) is 5.59. The summed E-state index contributed by atoms with van der Waals surface area (Å²) in [6.07, 6.45) is 1.68.